The number of piperazine rings is 1. The fourth-order valence-electron chi connectivity index (χ4n) is 3.88. The molecule has 2 aliphatic rings. The largest absolute Gasteiger partial charge is 0.495 e. The summed E-state index contributed by atoms with van der Waals surface area (Å²) in [5, 5.41) is 0. The van der Waals surface area contributed by atoms with Crippen molar-refractivity contribution in [1.29, 1.82) is 0 Å². The Morgan fingerprint density at radius 3 is 2.36 bits per heavy atom. The average molecular weight is 414 g/mol. The van der Waals surface area contributed by atoms with Crippen molar-refractivity contribution in [3.05, 3.63) is 24.0 Å². The number of methoxy groups -OCH3 is 1. The van der Waals surface area contributed by atoms with E-state index in [-0.39, 0.29) is 35.6 Å². The zero-order chi connectivity index (χ0) is 20.3. The van der Waals surface area contributed by atoms with Gasteiger partial charge in [0.1, 0.15) is 16.5 Å². The van der Waals surface area contributed by atoms with Crippen molar-refractivity contribution in [1.82, 2.24) is 14.1 Å². The third kappa shape index (κ3) is 4.31. The Hall–Kier alpha value is -1.71. The lowest BCUT2D eigenvalue weighted by Crippen LogP contribution is -2.51. The van der Waals surface area contributed by atoms with Crippen molar-refractivity contribution in [3.8, 4) is 5.75 Å². The molecule has 2 fully saturated rings. The highest BCUT2D eigenvalue weighted by atomic mass is 32.2. The number of carbonyl (C=O) groups is 1. The third-order valence-electron chi connectivity index (χ3n) is 5.68. The van der Waals surface area contributed by atoms with Crippen molar-refractivity contribution in [2.75, 3.05) is 52.9 Å². The Balaban J connectivity index is 1.63. The van der Waals surface area contributed by atoms with Crippen LogP contribution in [0.3, 0.4) is 0 Å². The van der Waals surface area contributed by atoms with Gasteiger partial charge in [-0.05, 0) is 37.6 Å². The van der Waals surface area contributed by atoms with E-state index in [1.807, 2.05) is 4.90 Å². The van der Waals surface area contributed by atoms with Crippen LogP contribution in [-0.2, 0) is 14.8 Å². The normalized spacial score (nSPS) is 20.3. The van der Waals surface area contributed by atoms with Crippen LogP contribution in [0.2, 0.25) is 0 Å². The van der Waals surface area contributed by atoms with E-state index < -0.39 is 15.8 Å². The molecule has 3 rings (SSSR count). The Labute approximate surface area is 166 Å². The number of hydrogen-bond acceptors (Lipinski definition) is 5. The molecule has 0 N–H and O–H groups in total. The molecule has 0 spiro atoms. The zero-order valence-electron chi connectivity index (χ0n) is 16.4. The molecule has 0 atom stereocenters. The average Bonchev–Trinajstić information content (AvgIpc) is 2.73. The van der Waals surface area contributed by atoms with Gasteiger partial charge in [-0.3, -0.25) is 4.79 Å². The van der Waals surface area contributed by atoms with Gasteiger partial charge in [-0.2, -0.15) is 4.31 Å². The first kappa shape index (κ1) is 21.0. The van der Waals surface area contributed by atoms with Crippen LogP contribution in [0.1, 0.15) is 19.8 Å². The number of rotatable bonds is 5. The molecule has 1 aromatic carbocycles. The van der Waals surface area contributed by atoms with Gasteiger partial charge in [-0.25, -0.2) is 12.8 Å². The van der Waals surface area contributed by atoms with E-state index >= 15 is 0 Å². The molecule has 9 heteroatoms. The maximum absolute atomic E-state index is 13.6. The predicted molar refractivity (Wildman–Crippen MR) is 103 cm³/mol. The van der Waals surface area contributed by atoms with Crippen LogP contribution in [0.25, 0.3) is 0 Å². The van der Waals surface area contributed by atoms with E-state index in [0.29, 0.717) is 12.8 Å². The molecule has 28 heavy (non-hydrogen) atoms. The summed E-state index contributed by atoms with van der Waals surface area (Å²) in [6, 6.07) is 3.47. The van der Waals surface area contributed by atoms with Gasteiger partial charge in [0.25, 0.3) is 0 Å². The molecule has 0 unspecified atom stereocenters. The van der Waals surface area contributed by atoms with Gasteiger partial charge in [0.05, 0.1) is 7.11 Å². The highest BCUT2D eigenvalue weighted by molar-refractivity contribution is 7.89. The van der Waals surface area contributed by atoms with Gasteiger partial charge in [-0.1, -0.05) is 6.92 Å². The molecule has 0 aromatic heterocycles. The number of benzene rings is 1. The molecule has 2 heterocycles. The molecule has 7 nitrogen and oxygen atoms in total. The number of ether oxygens (including phenoxy) is 1. The van der Waals surface area contributed by atoms with Gasteiger partial charge in [0.2, 0.25) is 15.9 Å². The van der Waals surface area contributed by atoms with E-state index in [0.717, 1.165) is 38.8 Å². The maximum Gasteiger partial charge on any atom is 0.246 e. The second-order valence-corrected chi connectivity index (χ2v) is 9.14. The number of halogens is 1. The molecule has 0 aliphatic carbocycles. The Kier molecular flexibility index (Phi) is 6.57. The smallest absolute Gasteiger partial charge is 0.246 e. The molecule has 1 aromatic rings. The van der Waals surface area contributed by atoms with Crippen molar-refractivity contribution in [2.45, 2.75) is 24.7 Å². The summed E-state index contributed by atoms with van der Waals surface area (Å²) in [5.41, 5.74) is 0. The number of amides is 1. The first-order chi connectivity index (χ1) is 13.4. The first-order valence-corrected chi connectivity index (χ1v) is 11.2. The maximum atomic E-state index is 13.6. The van der Waals surface area contributed by atoms with Crippen molar-refractivity contribution >= 4 is 15.9 Å². The van der Waals surface area contributed by atoms with Gasteiger partial charge in [0, 0.05) is 45.2 Å². The number of nitrogens with zero attached hydrogens (tertiary/aromatic N) is 3. The van der Waals surface area contributed by atoms with Crippen molar-refractivity contribution in [2.24, 2.45) is 5.92 Å². The van der Waals surface area contributed by atoms with Crippen molar-refractivity contribution < 1.29 is 22.3 Å². The molecular formula is C19H28FN3O4S. The van der Waals surface area contributed by atoms with E-state index in [2.05, 4.69) is 11.8 Å². The molecule has 0 saturated carbocycles. The summed E-state index contributed by atoms with van der Waals surface area (Å²) < 4.78 is 45.9. The molecule has 0 radical (unpaired) electrons. The van der Waals surface area contributed by atoms with E-state index in [1.54, 1.807) is 0 Å². The van der Waals surface area contributed by atoms with Crippen LogP contribution in [0, 0.1) is 11.7 Å². The van der Waals surface area contributed by atoms with Crippen molar-refractivity contribution in [3.63, 3.8) is 0 Å². The number of likely N-dealkylation sites (N-methyl/N-ethyl adjacent to an activating group) is 1. The number of hydrogen-bond donors (Lipinski definition) is 0. The lowest BCUT2D eigenvalue weighted by molar-refractivity contribution is -0.138. The molecular weight excluding hydrogens is 385 g/mol. The minimum absolute atomic E-state index is 0.119. The number of sulfonamides is 1. The summed E-state index contributed by atoms with van der Waals surface area (Å²) in [6.45, 7) is 6.81. The SMILES string of the molecule is CCN1CCN(C(=O)C2CCN(S(=O)(=O)c3cc(F)ccc3OC)CC2)CC1. The van der Waals surface area contributed by atoms with Crippen LogP contribution in [0.4, 0.5) is 4.39 Å². The minimum atomic E-state index is -3.88. The van der Waals surface area contributed by atoms with Gasteiger partial charge < -0.3 is 14.5 Å². The first-order valence-electron chi connectivity index (χ1n) is 9.71. The Bertz CT molecular complexity index is 801. The van der Waals surface area contributed by atoms with Gasteiger partial charge >= 0.3 is 0 Å². The van der Waals surface area contributed by atoms with E-state index in [9.17, 15) is 17.6 Å². The number of carbonyl (C=O) groups excluding carboxylic acids is 1. The molecule has 1 amide bonds. The Morgan fingerprint density at radius 2 is 1.79 bits per heavy atom. The second-order valence-electron chi connectivity index (χ2n) is 7.23. The second kappa shape index (κ2) is 8.75. The molecule has 156 valence electrons. The standard InChI is InChI=1S/C19H28FN3O4S/c1-3-21-10-12-22(13-11-21)19(24)15-6-8-23(9-7-15)28(25,26)18-14-16(20)4-5-17(18)27-2/h4-5,14-15H,3,6-13H2,1-2H3. The molecule has 2 aliphatic heterocycles. The van der Waals surface area contributed by atoms with Crippen LogP contribution < -0.4 is 4.74 Å². The van der Waals surface area contributed by atoms with Crippen LogP contribution in [0.15, 0.2) is 23.1 Å². The summed E-state index contributed by atoms with van der Waals surface area (Å²) in [4.78, 5) is 16.8. The minimum Gasteiger partial charge on any atom is -0.495 e. The Morgan fingerprint density at radius 1 is 1.14 bits per heavy atom. The van der Waals surface area contributed by atoms with Crippen LogP contribution >= 0.6 is 0 Å². The van der Waals surface area contributed by atoms with Gasteiger partial charge in [0.15, 0.2) is 0 Å². The fourth-order valence-corrected chi connectivity index (χ4v) is 5.51. The van der Waals surface area contributed by atoms with E-state index in [4.69, 9.17) is 4.74 Å². The summed E-state index contributed by atoms with van der Waals surface area (Å²) in [5.74, 6) is -0.547. The number of piperidine rings is 1. The topological polar surface area (TPSA) is 70.2 Å². The highest BCUT2D eigenvalue weighted by Gasteiger charge is 2.35. The third-order valence-corrected chi connectivity index (χ3v) is 7.60. The van der Waals surface area contributed by atoms with Crippen LogP contribution in [0.5, 0.6) is 5.75 Å². The summed E-state index contributed by atoms with van der Waals surface area (Å²) in [6.07, 6.45) is 0.952. The van der Waals surface area contributed by atoms with Crippen LogP contribution in [-0.4, -0.2) is 81.4 Å². The quantitative estimate of drug-likeness (QED) is 0.730. The zero-order valence-corrected chi connectivity index (χ0v) is 17.3. The fraction of sp³-hybridized carbons (Fsp3) is 0.632. The van der Waals surface area contributed by atoms with Gasteiger partial charge in [-0.15, -0.1) is 0 Å². The molecule has 2 saturated heterocycles. The lowest BCUT2D eigenvalue weighted by Gasteiger charge is -2.38. The summed E-state index contributed by atoms with van der Waals surface area (Å²) >= 11 is 0. The highest BCUT2D eigenvalue weighted by Crippen LogP contribution is 2.30. The van der Waals surface area contributed by atoms with E-state index in [1.165, 1.54) is 23.5 Å². The lowest BCUT2D eigenvalue weighted by atomic mass is 9.96. The predicted octanol–water partition coefficient (Wildman–Crippen LogP) is 1.40. The monoisotopic (exact) mass is 413 g/mol. The summed E-state index contributed by atoms with van der Waals surface area (Å²) in [7, 11) is -2.52. The molecule has 0 bridgehead atoms.